The number of nitro groups is 1. The lowest BCUT2D eigenvalue weighted by Crippen LogP contribution is -2.20. The van der Waals surface area contributed by atoms with Crippen LogP contribution in [0.3, 0.4) is 0 Å². The molecule has 0 atom stereocenters. The Hall–Kier alpha value is -3.33. The van der Waals surface area contributed by atoms with Gasteiger partial charge in [0.05, 0.1) is 15.5 Å². The summed E-state index contributed by atoms with van der Waals surface area (Å²) in [5, 5.41) is 13.2. The molecule has 1 heterocycles. The number of nitrogens with zero attached hydrogens (tertiary/aromatic N) is 1. The Morgan fingerprint density at radius 1 is 1.23 bits per heavy atom. The number of fused-ring (bicyclic) bond motifs is 1. The number of nitro benzene ring substituents is 1. The number of hydrogen-bond acceptors (Lipinski definition) is 7. The second-order valence-corrected chi connectivity index (χ2v) is 5.53. The van der Waals surface area contributed by atoms with Gasteiger partial charge in [-0.2, -0.15) is 0 Å². The number of non-ortho nitro benzene ring substituents is 1. The Kier molecular flexibility index (Phi) is 4.90. The third-order valence-electron chi connectivity index (χ3n) is 3.36. The first-order valence-electron chi connectivity index (χ1n) is 7.24. The average Bonchev–Trinajstić information content (AvgIpc) is 3.09. The third-order valence-corrected chi connectivity index (χ3v) is 3.64. The van der Waals surface area contributed by atoms with Gasteiger partial charge in [0.2, 0.25) is 6.79 Å². The molecular formula is C16H11ClN2O7. The summed E-state index contributed by atoms with van der Waals surface area (Å²) in [4.78, 5) is 33.9. The van der Waals surface area contributed by atoms with Gasteiger partial charge in [-0.1, -0.05) is 11.6 Å². The number of esters is 1. The molecule has 1 aliphatic heterocycles. The fourth-order valence-corrected chi connectivity index (χ4v) is 2.43. The summed E-state index contributed by atoms with van der Waals surface area (Å²) in [6, 6.07) is 7.99. The van der Waals surface area contributed by atoms with Gasteiger partial charge in [0.25, 0.3) is 11.6 Å². The summed E-state index contributed by atoms with van der Waals surface area (Å²) in [5.41, 5.74) is 0.347. The normalized spacial score (nSPS) is 11.7. The van der Waals surface area contributed by atoms with E-state index < -0.39 is 23.4 Å². The molecule has 134 valence electrons. The Morgan fingerprint density at radius 2 is 1.96 bits per heavy atom. The number of benzene rings is 2. The van der Waals surface area contributed by atoms with Crippen molar-refractivity contribution in [2.24, 2.45) is 0 Å². The second kappa shape index (κ2) is 7.28. The van der Waals surface area contributed by atoms with Crippen molar-refractivity contribution in [1.29, 1.82) is 0 Å². The van der Waals surface area contributed by atoms with Gasteiger partial charge >= 0.3 is 5.97 Å². The Morgan fingerprint density at radius 3 is 2.65 bits per heavy atom. The van der Waals surface area contributed by atoms with Gasteiger partial charge in [-0.3, -0.25) is 14.9 Å². The second-order valence-electron chi connectivity index (χ2n) is 5.12. The summed E-state index contributed by atoms with van der Waals surface area (Å²) in [5.74, 6) is -0.693. The first-order chi connectivity index (χ1) is 12.4. The smallest absolute Gasteiger partial charge is 0.338 e. The van der Waals surface area contributed by atoms with Gasteiger partial charge in [0, 0.05) is 17.8 Å². The third kappa shape index (κ3) is 3.83. The number of amides is 1. The van der Waals surface area contributed by atoms with Gasteiger partial charge in [0.15, 0.2) is 18.1 Å². The highest BCUT2D eigenvalue weighted by molar-refractivity contribution is 6.32. The zero-order valence-corrected chi connectivity index (χ0v) is 13.8. The molecule has 2 aromatic rings. The van der Waals surface area contributed by atoms with Crippen LogP contribution in [0.25, 0.3) is 0 Å². The molecule has 2 aromatic carbocycles. The molecule has 0 unspecified atom stereocenters. The van der Waals surface area contributed by atoms with E-state index in [9.17, 15) is 19.7 Å². The molecule has 0 aliphatic carbocycles. The van der Waals surface area contributed by atoms with Crippen LogP contribution in [-0.4, -0.2) is 30.2 Å². The van der Waals surface area contributed by atoms with Crippen molar-refractivity contribution in [3.8, 4) is 11.5 Å². The lowest BCUT2D eigenvalue weighted by molar-refractivity contribution is -0.384. The first-order valence-corrected chi connectivity index (χ1v) is 7.62. The fraction of sp³-hybridized carbons (Fsp3) is 0.125. The van der Waals surface area contributed by atoms with Crippen LogP contribution in [0.2, 0.25) is 5.02 Å². The van der Waals surface area contributed by atoms with Crippen molar-refractivity contribution in [2.75, 3.05) is 18.7 Å². The van der Waals surface area contributed by atoms with E-state index in [1.54, 1.807) is 0 Å². The molecule has 1 aliphatic rings. The van der Waals surface area contributed by atoms with E-state index in [0.29, 0.717) is 17.2 Å². The van der Waals surface area contributed by atoms with E-state index in [-0.39, 0.29) is 23.1 Å². The van der Waals surface area contributed by atoms with Crippen molar-refractivity contribution in [3.63, 3.8) is 0 Å². The topological polar surface area (TPSA) is 117 Å². The van der Waals surface area contributed by atoms with E-state index in [1.807, 2.05) is 0 Å². The maximum Gasteiger partial charge on any atom is 0.338 e. The molecule has 0 saturated heterocycles. The molecule has 0 bridgehead atoms. The largest absolute Gasteiger partial charge is 0.454 e. The van der Waals surface area contributed by atoms with Crippen molar-refractivity contribution < 1.29 is 28.7 Å². The average molecular weight is 379 g/mol. The van der Waals surface area contributed by atoms with Crippen LogP contribution in [0.5, 0.6) is 11.5 Å². The lowest BCUT2D eigenvalue weighted by atomic mass is 10.2. The fourth-order valence-electron chi connectivity index (χ4n) is 2.16. The van der Waals surface area contributed by atoms with Gasteiger partial charge in [-0.25, -0.2) is 4.79 Å². The van der Waals surface area contributed by atoms with Crippen molar-refractivity contribution in [2.45, 2.75) is 0 Å². The van der Waals surface area contributed by atoms with E-state index in [0.717, 1.165) is 0 Å². The molecule has 0 fully saturated rings. The number of rotatable bonds is 5. The highest BCUT2D eigenvalue weighted by Gasteiger charge is 2.21. The number of ether oxygens (including phenoxy) is 3. The number of carbonyl (C=O) groups excluding carboxylic acids is 2. The van der Waals surface area contributed by atoms with E-state index >= 15 is 0 Å². The molecule has 0 saturated carbocycles. The van der Waals surface area contributed by atoms with Crippen LogP contribution in [0, 0.1) is 10.1 Å². The Bertz CT molecular complexity index is 883. The number of halogens is 1. The van der Waals surface area contributed by atoms with Gasteiger partial charge in [-0.05, 0) is 24.3 Å². The molecule has 10 heteroatoms. The van der Waals surface area contributed by atoms with E-state index in [2.05, 4.69) is 5.32 Å². The molecule has 1 N–H and O–H groups in total. The first kappa shape index (κ1) is 17.5. The predicted molar refractivity (Wildman–Crippen MR) is 89.6 cm³/mol. The minimum atomic E-state index is -0.760. The number of nitrogens with one attached hydrogen (secondary N) is 1. The van der Waals surface area contributed by atoms with Crippen LogP contribution < -0.4 is 14.8 Å². The minimum absolute atomic E-state index is 0.00516. The van der Waals surface area contributed by atoms with Gasteiger partial charge in [0.1, 0.15) is 0 Å². The maximum atomic E-state index is 12.0. The van der Waals surface area contributed by atoms with Crippen LogP contribution in [-0.2, 0) is 9.53 Å². The standard InChI is InChI=1S/C16H11ClN2O7/c17-12-5-9(6-13-15(12)26-8-25-13)16(21)24-7-14(20)18-10-1-3-11(4-2-10)19(22)23/h1-6H,7-8H2,(H,18,20). The van der Waals surface area contributed by atoms with Crippen molar-refractivity contribution in [3.05, 3.63) is 57.1 Å². The monoisotopic (exact) mass is 378 g/mol. The van der Waals surface area contributed by atoms with Gasteiger partial charge in [-0.15, -0.1) is 0 Å². The van der Waals surface area contributed by atoms with Crippen LogP contribution in [0.15, 0.2) is 36.4 Å². The molecule has 0 aromatic heterocycles. The summed E-state index contributed by atoms with van der Waals surface area (Å²) in [6.07, 6.45) is 0. The van der Waals surface area contributed by atoms with Gasteiger partial charge < -0.3 is 19.5 Å². The van der Waals surface area contributed by atoms with Crippen LogP contribution in [0.4, 0.5) is 11.4 Å². The number of hydrogen-bond donors (Lipinski definition) is 1. The summed E-state index contributed by atoms with van der Waals surface area (Å²) >= 11 is 5.98. The zero-order chi connectivity index (χ0) is 18.7. The van der Waals surface area contributed by atoms with Crippen LogP contribution in [0.1, 0.15) is 10.4 Å². The number of carbonyl (C=O) groups is 2. The number of anilines is 1. The Labute approximate surface area is 151 Å². The van der Waals surface area contributed by atoms with Crippen LogP contribution >= 0.6 is 11.6 Å². The SMILES string of the molecule is O=C(COC(=O)c1cc(Cl)c2c(c1)OCO2)Nc1ccc([N+](=O)[O-])cc1. The quantitative estimate of drug-likeness (QED) is 0.483. The highest BCUT2D eigenvalue weighted by atomic mass is 35.5. The van der Waals surface area contributed by atoms with Crippen molar-refractivity contribution >= 4 is 34.9 Å². The highest BCUT2D eigenvalue weighted by Crippen LogP contribution is 2.39. The van der Waals surface area contributed by atoms with E-state index in [1.165, 1.54) is 36.4 Å². The Balaban J connectivity index is 1.56. The molecule has 0 radical (unpaired) electrons. The summed E-state index contributed by atoms with van der Waals surface area (Å²) in [6.45, 7) is -0.535. The minimum Gasteiger partial charge on any atom is -0.454 e. The van der Waals surface area contributed by atoms with Crippen molar-refractivity contribution in [1.82, 2.24) is 0 Å². The predicted octanol–water partition coefficient (Wildman–Crippen LogP) is 2.77. The molecule has 3 rings (SSSR count). The summed E-state index contributed by atoms with van der Waals surface area (Å²) in [7, 11) is 0. The zero-order valence-electron chi connectivity index (χ0n) is 13.1. The maximum absolute atomic E-state index is 12.0. The lowest BCUT2D eigenvalue weighted by Gasteiger charge is -2.07. The molecule has 1 amide bonds. The molecular weight excluding hydrogens is 368 g/mol. The molecule has 26 heavy (non-hydrogen) atoms. The van der Waals surface area contributed by atoms with E-state index in [4.69, 9.17) is 25.8 Å². The molecule has 9 nitrogen and oxygen atoms in total. The molecule has 0 spiro atoms. The summed E-state index contributed by atoms with van der Waals surface area (Å²) < 4.78 is 15.2.